The number of rotatable bonds is 6. The fraction of sp³-hybridized carbons (Fsp3) is 0.917. The van der Waals surface area contributed by atoms with Crippen LogP contribution in [-0.4, -0.2) is 66.4 Å². The van der Waals surface area contributed by atoms with Gasteiger partial charge >= 0.3 is 0 Å². The number of hydrogen-bond acceptors (Lipinski definition) is 4. The highest BCUT2D eigenvalue weighted by atomic mass is 32.2. The Morgan fingerprint density at radius 3 is 2.67 bits per heavy atom. The number of nitrogens with zero attached hydrogens (tertiary/aromatic N) is 2. The maximum atomic E-state index is 9.70. The van der Waals surface area contributed by atoms with Gasteiger partial charge in [0.2, 0.25) is 0 Å². The van der Waals surface area contributed by atoms with E-state index in [1.165, 1.54) is 0 Å². The van der Waals surface area contributed by atoms with Gasteiger partial charge in [0, 0.05) is 31.2 Å². The van der Waals surface area contributed by atoms with E-state index < -0.39 is 6.10 Å². The number of thioether (sulfide) groups is 1. The van der Waals surface area contributed by atoms with Gasteiger partial charge in [0.1, 0.15) is 0 Å². The van der Waals surface area contributed by atoms with Crippen LogP contribution in [0.25, 0.3) is 0 Å². The van der Waals surface area contributed by atoms with Crippen LogP contribution in [0.4, 0.5) is 0 Å². The zero-order valence-electron chi connectivity index (χ0n) is 11.3. The molecule has 5 nitrogen and oxygen atoms in total. The average molecular weight is 275 g/mol. The molecule has 0 spiro atoms. The number of aliphatic hydroxyl groups excluding tert-OH is 1. The average Bonchev–Trinajstić information content (AvgIpc) is 2.36. The van der Waals surface area contributed by atoms with Crippen molar-refractivity contribution in [1.29, 1.82) is 0 Å². The molecule has 0 radical (unpaired) electrons. The van der Waals surface area contributed by atoms with Gasteiger partial charge in [-0.15, -0.1) is 0 Å². The highest BCUT2D eigenvalue weighted by Crippen LogP contribution is 2.08. The molecule has 0 saturated carbocycles. The molecule has 0 amide bonds. The largest absolute Gasteiger partial charge is 0.389 e. The lowest BCUT2D eigenvalue weighted by atomic mass is 10.2. The summed E-state index contributed by atoms with van der Waals surface area (Å²) in [5.74, 6) is 3.21. The molecule has 6 heteroatoms. The smallest absolute Gasteiger partial charge is 0.191 e. The van der Waals surface area contributed by atoms with Crippen molar-refractivity contribution in [3.8, 4) is 0 Å². The number of aliphatic hydroxyl groups is 1. The molecule has 0 aromatic carbocycles. The molecule has 0 aromatic heterocycles. The molecule has 1 rings (SSSR count). The van der Waals surface area contributed by atoms with E-state index in [2.05, 4.69) is 23.7 Å². The van der Waals surface area contributed by atoms with Crippen LogP contribution in [0.2, 0.25) is 0 Å². The Labute approximate surface area is 114 Å². The van der Waals surface area contributed by atoms with Gasteiger partial charge in [-0.25, -0.2) is 0 Å². The van der Waals surface area contributed by atoms with Gasteiger partial charge < -0.3 is 20.5 Å². The predicted octanol–water partition coefficient (Wildman–Crippen LogP) is 0.383. The summed E-state index contributed by atoms with van der Waals surface area (Å²) < 4.78 is 5.36. The fourth-order valence-electron chi connectivity index (χ4n) is 1.58. The lowest BCUT2D eigenvalue weighted by molar-refractivity contribution is 0.0301. The molecule has 1 unspecified atom stereocenters. The number of ether oxygens (including phenoxy) is 1. The molecule has 1 atom stereocenters. The molecule has 106 valence electrons. The number of hydrogen-bond donors (Lipinski definition) is 2. The Morgan fingerprint density at radius 1 is 1.39 bits per heavy atom. The van der Waals surface area contributed by atoms with Crippen molar-refractivity contribution >= 4 is 17.7 Å². The van der Waals surface area contributed by atoms with Gasteiger partial charge in [0.15, 0.2) is 5.96 Å². The Bertz CT molecular complexity index is 256. The topological polar surface area (TPSA) is 71.1 Å². The van der Waals surface area contributed by atoms with Crippen LogP contribution in [-0.2, 0) is 4.74 Å². The SMILES string of the molecule is CC(C)COCC(O)CN=C(N)N1CCSCC1. The fourth-order valence-corrected chi connectivity index (χ4v) is 2.49. The van der Waals surface area contributed by atoms with Crippen molar-refractivity contribution in [2.75, 3.05) is 44.4 Å². The van der Waals surface area contributed by atoms with Crippen molar-refractivity contribution in [1.82, 2.24) is 4.90 Å². The molecule has 0 aromatic rings. The summed E-state index contributed by atoms with van der Waals surface area (Å²) in [7, 11) is 0. The summed E-state index contributed by atoms with van der Waals surface area (Å²) >= 11 is 1.93. The Kier molecular flexibility index (Phi) is 7.46. The molecular formula is C12H25N3O2S. The van der Waals surface area contributed by atoms with Gasteiger partial charge in [0.05, 0.1) is 19.3 Å². The zero-order chi connectivity index (χ0) is 13.4. The van der Waals surface area contributed by atoms with Crippen LogP contribution < -0.4 is 5.73 Å². The molecule has 0 aliphatic carbocycles. The van der Waals surface area contributed by atoms with E-state index in [4.69, 9.17) is 10.5 Å². The first-order valence-corrected chi connectivity index (χ1v) is 7.63. The second-order valence-electron chi connectivity index (χ2n) is 4.88. The van der Waals surface area contributed by atoms with Crippen molar-refractivity contribution in [2.45, 2.75) is 20.0 Å². The standard InChI is InChI=1S/C12H25N3O2S/c1-10(2)8-17-9-11(16)7-14-12(13)15-3-5-18-6-4-15/h10-11,16H,3-9H2,1-2H3,(H2,13,14). The van der Waals surface area contributed by atoms with Crippen molar-refractivity contribution in [3.63, 3.8) is 0 Å². The molecule has 18 heavy (non-hydrogen) atoms. The van der Waals surface area contributed by atoms with Gasteiger partial charge in [0.25, 0.3) is 0 Å². The monoisotopic (exact) mass is 275 g/mol. The summed E-state index contributed by atoms with van der Waals surface area (Å²) in [5.41, 5.74) is 5.89. The first-order chi connectivity index (χ1) is 8.59. The van der Waals surface area contributed by atoms with Gasteiger partial charge in [-0.05, 0) is 5.92 Å². The van der Waals surface area contributed by atoms with Crippen LogP contribution in [0.3, 0.4) is 0 Å². The lowest BCUT2D eigenvalue weighted by Gasteiger charge is -2.27. The molecule has 1 fully saturated rings. The Balaban J connectivity index is 2.20. The quantitative estimate of drug-likeness (QED) is 0.542. The van der Waals surface area contributed by atoms with Crippen LogP contribution >= 0.6 is 11.8 Å². The molecule has 1 saturated heterocycles. The summed E-state index contributed by atoms with van der Waals surface area (Å²) in [5, 5.41) is 9.70. The second-order valence-corrected chi connectivity index (χ2v) is 6.11. The predicted molar refractivity (Wildman–Crippen MR) is 77.1 cm³/mol. The van der Waals surface area contributed by atoms with Gasteiger partial charge in [-0.1, -0.05) is 13.8 Å². The molecule has 3 N–H and O–H groups in total. The van der Waals surface area contributed by atoms with E-state index >= 15 is 0 Å². The normalized spacial score (nSPS) is 19.3. The maximum absolute atomic E-state index is 9.70. The molecule has 0 bridgehead atoms. The van der Waals surface area contributed by atoms with Crippen LogP contribution in [0.5, 0.6) is 0 Å². The van der Waals surface area contributed by atoms with Crippen LogP contribution in [0.15, 0.2) is 4.99 Å². The molecule has 1 aliphatic rings. The van der Waals surface area contributed by atoms with E-state index in [1.54, 1.807) is 0 Å². The van der Waals surface area contributed by atoms with Crippen molar-refractivity contribution in [2.24, 2.45) is 16.6 Å². The summed E-state index contributed by atoms with van der Waals surface area (Å²) in [6, 6.07) is 0. The van der Waals surface area contributed by atoms with E-state index in [-0.39, 0.29) is 0 Å². The first kappa shape index (κ1) is 15.6. The minimum atomic E-state index is -0.568. The maximum Gasteiger partial charge on any atom is 0.191 e. The van der Waals surface area contributed by atoms with Gasteiger partial charge in [-0.3, -0.25) is 4.99 Å². The minimum Gasteiger partial charge on any atom is -0.389 e. The zero-order valence-corrected chi connectivity index (χ0v) is 12.2. The third-order valence-corrected chi connectivity index (χ3v) is 3.50. The highest BCUT2D eigenvalue weighted by molar-refractivity contribution is 7.99. The van der Waals surface area contributed by atoms with E-state index in [0.717, 1.165) is 24.6 Å². The summed E-state index contributed by atoms with van der Waals surface area (Å²) in [4.78, 5) is 6.29. The van der Waals surface area contributed by atoms with Crippen LogP contribution in [0.1, 0.15) is 13.8 Å². The van der Waals surface area contributed by atoms with Crippen molar-refractivity contribution in [3.05, 3.63) is 0 Å². The third-order valence-electron chi connectivity index (χ3n) is 2.56. The molecular weight excluding hydrogens is 250 g/mol. The van der Waals surface area contributed by atoms with E-state index in [9.17, 15) is 5.11 Å². The van der Waals surface area contributed by atoms with Gasteiger partial charge in [-0.2, -0.15) is 11.8 Å². The second kappa shape index (κ2) is 8.61. The number of nitrogens with two attached hydrogens (primary N) is 1. The number of aliphatic imine (C=N–C) groups is 1. The van der Waals surface area contributed by atoms with E-state index in [1.807, 2.05) is 11.8 Å². The summed E-state index contributed by atoms with van der Waals surface area (Å²) in [6.45, 7) is 7.35. The Morgan fingerprint density at radius 2 is 2.06 bits per heavy atom. The third kappa shape index (κ3) is 6.47. The molecule has 1 heterocycles. The van der Waals surface area contributed by atoms with E-state index in [0.29, 0.717) is 31.6 Å². The van der Waals surface area contributed by atoms with Crippen molar-refractivity contribution < 1.29 is 9.84 Å². The lowest BCUT2D eigenvalue weighted by Crippen LogP contribution is -2.43. The highest BCUT2D eigenvalue weighted by Gasteiger charge is 2.12. The summed E-state index contributed by atoms with van der Waals surface area (Å²) in [6.07, 6.45) is -0.568. The first-order valence-electron chi connectivity index (χ1n) is 6.48. The Hall–Kier alpha value is -0.460. The molecule has 1 aliphatic heterocycles. The minimum absolute atomic E-state index is 0.313. The van der Waals surface area contributed by atoms with Crippen LogP contribution in [0, 0.1) is 5.92 Å². The number of guanidine groups is 1.